The molecular formula is C16H28O4Si. The van der Waals surface area contributed by atoms with Crippen LogP contribution in [0.4, 0.5) is 0 Å². The molecule has 5 heteroatoms. The van der Waals surface area contributed by atoms with Crippen LogP contribution < -0.4 is 0 Å². The Morgan fingerprint density at radius 3 is 2.10 bits per heavy atom. The summed E-state index contributed by atoms with van der Waals surface area (Å²) >= 11 is 0. The fourth-order valence-electron chi connectivity index (χ4n) is 1.60. The van der Waals surface area contributed by atoms with Gasteiger partial charge in [0.15, 0.2) is 6.79 Å². The predicted octanol–water partition coefficient (Wildman–Crippen LogP) is 3.31. The Balaban J connectivity index is 3.50. The molecule has 0 heterocycles. The lowest BCUT2D eigenvalue weighted by Gasteiger charge is -2.03. The van der Waals surface area contributed by atoms with Gasteiger partial charge in [-0.25, -0.2) is 0 Å². The van der Waals surface area contributed by atoms with Crippen LogP contribution in [0.1, 0.15) is 44.9 Å². The van der Waals surface area contributed by atoms with E-state index in [1.807, 2.05) is 0 Å². The molecule has 21 heavy (non-hydrogen) atoms. The van der Waals surface area contributed by atoms with Gasteiger partial charge in [-0.2, -0.15) is 0 Å². The largest absolute Gasteiger partial charge is 0.438 e. The molecule has 0 fully saturated rings. The lowest BCUT2D eigenvalue weighted by atomic mass is 10.1. The number of carbonyl (C=O) groups excluding carboxylic acids is 2. The van der Waals surface area contributed by atoms with Gasteiger partial charge in [-0.15, -0.1) is 5.54 Å². The van der Waals surface area contributed by atoms with Crippen molar-refractivity contribution in [3.63, 3.8) is 0 Å². The van der Waals surface area contributed by atoms with Crippen molar-refractivity contribution in [1.29, 1.82) is 0 Å². The highest BCUT2D eigenvalue weighted by molar-refractivity contribution is 6.84. The maximum absolute atomic E-state index is 11.5. The van der Waals surface area contributed by atoms with E-state index in [1.165, 1.54) is 7.11 Å². The van der Waals surface area contributed by atoms with Gasteiger partial charge in [0, 0.05) is 20.0 Å². The zero-order chi connectivity index (χ0) is 16.1. The lowest BCUT2D eigenvalue weighted by Crippen LogP contribution is -2.17. The van der Waals surface area contributed by atoms with E-state index in [2.05, 4.69) is 35.8 Å². The fraction of sp³-hybridized carbons (Fsp3) is 0.750. The molecule has 0 aliphatic carbocycles. The summed E-state index contributed by atoms with van der Waals surface area (Å²) in [4.78, 5) is 22.7. The number of hydrogen-bond donors (Lipinski definition) is 0. The topological polar surface area (TPSA) is 52.6 Å². The van der Waals surface area contributed by atoms with Crippen molar-refractivity contribution in [3.8, 4) is 11.5 Å². The first-order valence-electron chi connectivity index (χ1n) is 7.56. The predicted molar refractivity (Wildman–Crippen MR) is 86.4 cm³/mol. The first-order chi connectivity index (χ1) is 9.85. The highest BCUT2D eigenvalue weighted by atomic mass is 28.3. The Morgan fingerprint density at radius 2 is 1.52 bits per heavy atom. The summed E-state index contributed by atoms with van der Waals surface area (Å²) in [5.74, 6) is 2.60. The van der Waals surface area contributed by atoms with Gasteiger partial charge < -0.3 is 9.47 Å². The summed E-state index contributed by atoms with van der Waals surface area (Å²) in [7, 11) is 0.0484. The summed E-state index contributed by atoms with van der Waals surface area (Å²) in [6, 6.07) is 0. The quantitative estimate of drug-likeness (QED) is 0.204. The number of esters is 1. The molecule has 4 nitrogen and oxygen atoms in total. The maximum atomic E-state index is 11.5. The summed E-state index contributed by atoms with van der Waals surface area (Å²) in [6.07, 6.45) is 5.72. The molecule has 0 bridgehead atoms. The zero-order valence-corrected chi connectivity index (χ0v) is 14.8. The monoisotopic (exact) mass is 312 g/mol. The van der Waals surface area contributed by atoms with Crippen LogP contribution >= 0.6 is 0 Å². The number of carbonyl (C=O) groups is 2. The molecule has 0 aromatic heterocycles. The summed E-state index contributed by atoms with van der Waals surface area (Å²) < 4.78 is 9.44. The molecule has 0 rings (SSSR count). The fourth-order valence-corrected chi connectivity index (χ4v) is 2.12. The Hall–Kier alpha value is -1.12. The minimum absolute atomic E-state index is 0.0272. The first kappa shape index (κ1) is 19.9. The van der Waals surface area contributed by atoms with Crippen molar-refractivity contribution in [2.75, 3.05) is 13.9 Å². The molecule has 0 N–H and O–H groups in total. The Kier molecular flexibility index (Phi) is 10.9. The molecule has 0 aliphatic heterocycles. The number of rotatable bonds is 10. The normalized spacial score (nSPS) is 10.7. The molecule has 0 radical (unpaired) electrons. The Morgan fingerprint density at radius 1 is 0.952 bits per heavy atom. The molecule has 0 spiro atoms. The number of Topliss-reactive ketones (excluding diaryl/α,β-unsaturated/α-hetero) is 1. The van der Waals surface area contributed by atoms with Gasteiger partial charge in [-0.05, 0) is 18.8 Å². The smallest absolute Gasteiger partial charge is 0.307 e. The number of ether oxygens (including phenoxy) is 2. The van der Waals surface area contributed by atoms with Crippen LogP contribution in [0.5, 0.6) is 0 Å². The molecule has 0 aromatic carbocycles. The second-order valence-corrected chi connectivity index (χ2v) is 10.9. The SMILES string of the molecule is COCOC(=O)CCCCCCCC(=O)C#C[Si](C)(C)C. The molecule has 0 atom stereocenters. The lowest BCUT2D eigenvalue weighted by molar-refractivity contribution is -0.154. The summed E-state index contributed by atoms with van der Waals surface area (Å²) in [5, 5.41) is 0. The third-order valence-electron chi connectivity index (χ3n) is 2.70. The van der Waals surface area contributed by atoms with Crippen LogP contribution in [0.25, 0.3) is 0 Å². The van der Waals surface area contributed by atoms with E-state index in [9.17, 15) is 9.59 Å². The minimum atomic E-state index is -1.44. The van der Waals surface area contributed by atoms with Crippen molar-refractivity contribution < 1.29 is 19.1 Å². The van der Waals surface area contributed by atoms with Crippen LogP contribution in [0.3, 0.4) is 0 Å². The van der Waals surface area contributed by atoms with Gasteiger partial charge in [0.25, 0.3) is 0 Å². The highest BCUT2D eigenvalue weighted by Gasteiger charge is 2.08. The third kappa shape index (κ3) is 15.1. The Bertz CT molecular complexity index is 374. The number of unbranched alkanes of at least 4 members (excludes halogenated alkanes) is 4. The summed E-state index contributed by atoms with van der Waals surface area (Å²) in [6.45, 7) is 6.42. The van der Waals surface area contributed by atoms with Crippen LogP contribution in [-0.2, 0) is 19.1 Å². The van der Waals surface area contributed by atoms with Crippen molar-refractivity contribution in [2.45, 2.75) is 64.6 Å². The molecule has 0 aromatic rings. The van der Waals surface area contributed by atoms with Crippen LogP contribution in [-0.4, -0.2) is 33.7 Å². The van der Waals surface area contributed by atoms with E-state index in [1.54, 1.807) is 0 Å². The van der Waals surface area contributed by atoms with Crippen molar-refractivity contribution in [1.82, 2.24) is 0 Å². The third-order valence-corrected chi connectivity index (χ3v) is 3.57. The van der Waals surface area contributed by atoms with Gasteiger partial charge >= 0.3 is 5.97 Å². The number of hydrogen-bond acceptors (Lipinski definition) is 4. The van der Waals surface area contributed by atoms with E-state index in [0.29, 0.717) is 12.8 Å². The Labute approximate surface area is 129 Å². The van der Waals surface area contributed by atoms with Gasteiger partial charge in [-0.3, -0.25) is 9.59 Å². The van der Waals surface area contributed by atoms with Crippen LogP contribution in [0, 0.1) is 11.5 Å². The van der Waals surface area contributed by atoms with Crippen molar-refractivity contribution in [2.24, 2.45) is 0 Å². The van der Waals surface area contributed by atoms with E-state index in [0.717, 1.165) is 32.1 Å². The highest BCUT2D eigenvalue weighted by Crippen LogP contribution is 2.08. The maximum Gasteiger partial charge on any atom is 0.307 e. The molecule has 0 unspecified atom stereocenters. The van der Waals surface area contributed by atoms with E-state index in [4.69, 9.17) is 4.74 Å². The zero-order valence-electron chi connectivity index (χ0n) is 13.8. The van der Waals surface area contributed by atoms with E-state index < -0.39 is 8.07 Å². The molecule has 0 amide bonds. The van der Waals surface area contributed by atoms with Gasteiger partial charge in [0.2, 0.25) is 5.78 Å². The van der Waals surface area contributed by atoms with Crippen molar-refractivity contribution in [3.05, 3.63) is 0 Å². The van der Waals surface area contributed by atoms with Gasteiger partial charge in [-0.1, -0.05) is 38.9 Å². The van der Waals surface area contributed by atoms with Crippen molar-refractivity contribution >= 4 is 19.8 Å². The molecule has 0 aliphatic rings. The molecule has 0 saturated carbocycles. The average Bonchev–Trinajstić information content (AvgIpc) is 2.41. The molecule has 0 saturated heterocycles. The molecule has 120 valence electrons. The van der Waals surface area contributed by atoms with E-state index >= 15 is 0 Å². The average molecular weight is 312 g/mol. The minimum Gasteiger partial charge on any atom is -0.438 e. The molecular weight excluding hydrogens is 284 g/mol. The number of methoxy groups -OCH3 is 1. The summed E-state index contributed by atoms with van der Waals surface area (Å²) in [5.41, 5.74) is 3.09. The van der Waals surface area contributed by atoms with Gasteiger partial charge in [0.1, 0.15) is 8.07 Å². The van der Waals surface area contributed by atoms with Crippen LogP contribution in [0.15, 0.2) is 0 Å². The second-order valence-electron chi connectivity index (χ2n) is 6.11. The second kappa shape index (κ2) is 11.5. The number of ketones is 1. The van der Waals surface area contributed by atoms with E-state index in [-0.39, 0.29) is 18.5 Å². The van der Waals surface area contributed by atoms with Gasteiger partial charge in [0.05, 0.1) is 0 Å². The standard InChI is InChI=1S/C16H28O4Si/c1-19-14-20-16(18)11-9-7-5-6-8-10-15(17)12-13-21(2,3)4/h5-11,14H2,1-4H3. The first-order valence-corrected chi connectivity index (χ1v) is 11.1. The van der Waals surface area contributed by atoms with Crippen LogP contribution in [0.2, 0.25) is 19.6 Å².